The fourth-order valence-electron chi connectivity index (χ4n) is 3.02. The number of ether oxygens (including phenoxy) is 1. The van der Waals surface area contributed by atoms with Crippen LogP contribution in [-0.4, -0.2) is 23.4 Å². The van der Waals surface area contributed by atoms with Gasteiger partial charge in [-0.2, -0.15) is 8.42 Å². The van der Waals surface area contributed by atoms with E-state index in [4.69, 9.17) is 8.92 Å². The Labute approximate surface area is 175 Å². The van der Waals surface area contributed by atoms with Gasteiger partial charge in [0, 0.05) is 12.1 Å². The van der Waals surface area contributed by atoms with Crippen molar-refractivity contribution in [3.8, 4) is 11.5 Å². The van der Waals surface area contributed by atoms with E-state index < -0.39 is 20.1 Å². The summed E-state index contributed by atoms with van der Waals surface area (Å²) in [4.78, 5) is 0.00591. The van der Waals surface area contributed by atoms with Gasteiger partial charge in [-0.25, -0.2) is 8.42 Å². The third kappa shape index (κ3) is 4.27. The summed E-state index contributed by atoms with van der Waals surface area (Å²) in [7, 11) is -7.85. The zero-order chi connectivity index (χ0) is 21.4. The maximum Gasteiger partial charge on any atom is 0.339 e. The summed E-state index contributed by atoms with van der Waals surface area (Å²) in [6.45, 7) is 2.43. The molecule has 0 saturated heterocycles. The largest absolute Gasteiger partial charge is 0.493 e. The fourth-order valence-corrected chi connectivity index (χ4v) is 5.00. The van der Waals surface area contributed by atoms with E-state index >= 15 is 0 Å². The van der Waals surface area contributed by atoms with Crippen molar-refractivity contribution in [1.29, 1.82) is 0 Å². The van der Waals surface area contributed by atoms with Crippen molar-refractivity contribution in [2.45, 2.75) is 23.1 Å². The lowest BCUT2D eigenvalue weighted by molar-refractivity contribution is 0.357. The lowest BCUT2D eigenvalue weighted by Gasteiger charge is -2.11. The number of benzene rings is 3. The molecule has 0 unspecified atom stereocenters. The predicted octanol–water partition coefficient (Wildman–Crippen LogP) is 3.50. The Kier molecular flexibility index (Phi) is 5.17. The Balaban J connectivity index is 1.50. The number of hydrogen-bond acceptors (Lipinski definition) is 6. The van der Waals surface area contributed by atoms with Crippen molar-refractivity contribution >= 4 is 25.8 Å². The number of nitrogens with one attached hydrogen (secondary N) is 1. The normalized spacial score (nSPS) is 13.4. The van der Waals surface area contributed by atoms with Gasteiger partial charge in [-0.3, -0.25) is 4.72 Å². The molecular formula is C21H19NO6S2. The number of hydrogen-bond donors (Lipinski definition) is 1. The first-order valence-electron chi connectivity index (χ1n) is 9.13. The summed E-state index contributed by atoms with van der Waals surface area (Å²) in [5.74, 6) is 0.776. The molecule has 1 aliphatic rings. The Morgan fingerprint density at radius 1 is 0.867 bits per heavy atom. The first-order chi connectivity index (χ1) is 14.2. The molecule has 0 fully saturated rings. The fraction of sp³-hybridized carbons (Fsp3) is 0.143. The molecule has 0 saturated carbocycles. The van der Waals surface area contributed by atoms with E-state index in [1.807, 2.05) is 6.92 Å². The van der Waals surface area contributed by atoms with Crippen LogP contribution in [0.4, 0.5) is 5.69 Å². The van der Waals surface area contributed by atoms with Gasteiger partial charge < -0.3 is 8.92 Å². The molecule has 7 nitrogen and oxygen atoms in total. The summed E-state index contributed by atoms with van der Waals surface area (Å²) >= 11 is 0. The minimum Gasteiger partial charge on any atom is -0.493 e. The maximum atomic E-state index is 12.7. The van der Waals surface area contributed by atoms with Crippen LogP contribution in [0.5, 0.6) is 11.5 Å². The van der Waals surface area contributed by atoms with Crippen molar-refractivity contribution in [2.75, 3.05) is 11.3 Å². The van der Waals surface area contributed by atoms with Crippen molar-refractivity contribution in [1.82, 2.24) is 0 Å². The Morgan fingerprint density at radius 2 is 1.53 bits per heavy atom. The zero-order valence-corrected chi connectivity index (χ0v) is 17.7. The quantitative estimate of drug-likeness (QED) is 0.583. The van der Waals surface area contributed by atoms with Gasteiger partial charge in [-0.05, 0) is 67.1 Å². The van der Waals surface area contributed by atoms with Gasteiger partial charge in [0.15, 0.2) is 0 Å². The molecule has 30 heavy (non-hydrogen) atoms. The molecule has 1 N–H and O–H groups in total. The van der Waals surface area contributed by atoms with Gasteiger partial charge in [-0.15, -0.1) is 0 Å². The SMILES string of the molecule is Cc1ccc(S(=O)(=O)Oc2ccc(S(=O)(=O)Nc3ccc4c(c3)CCO4)cc2)cc1. The van der Waals surface area contributed by atoms with E-state index in [-0.39, 0.29) is 15.5 Å². The highest BCUT2D eigenvalue weighted by atomic mass is 32.2. The van der Waals surface area contributed by atoms with Crippen LogP contribution >= 0.6 is 0 Å². The molecular weight excluding hydrogens is 426 g/mol. The summed E-state index contributed by atoms with van der Waals surface area (Å²) in [6.07, 6.45) is 0.729. The molecule has 1 aliphatic heterocycles. The van der Waals surface area contributed by atoms with E-state index in [9.17, 15) is 16.8 Å². The van der Waals surface area contributed by atoms with Gasteiger partial charge in [0.1, 0.15) is 16.4 Å². The number of aryl methyl sites for hydroxylation is 1. The number of rotatable bonds is 6. The number of anilines is 1. The van der Waals surface area contributed by atoms with Gasteiger partial charge in [0.25, 0.3) is 10.0 Å². The lowest BCUT2D eigenvalue weighted by Crippen LogP contribution is -2.13. The van der Waals surface area contributed by atoms with Gasteiger partial charge >= 0.3 is 10.1 Å². The standard InChI is InChI=1S/C21H19NO6S2/c1-15-2-7-20(8-3-15)30(25,26)28-18-5-9-19(10-6-18)29(23,24)22-17-4-11-21-16(14-17)12-13-27-21/h2-11,14,22H,12-13H2,1H3. The second kappa shape index (κ2) is 7.66. The number of fused-ring (bicyclic) bond motifs is 1. The molecule has 3 aromatic rings. The number of sulfonamides is 1. The zero-order valence-electron chi connectivity index (χ0n) is 16.0. The first kappa shape index (κ1) is 20.2. The molecule has 0 bridgehead atoms. The van der Waals surface area contributed by atoms with E-state index in [0.29, 0.717) is 12.3 Å². The lowest BCUT2D eigenvalue weighted by atomic mass is 10.1. The summed E-state index contributed by atoms with van der Waals surface area (Å²) in [6, 6.07) is 16.5. The molecule has 0 aliphatic carbocycles. The third-order valence-corrected chi connectivity index (χ3v) is 7.25. The molecule has 0 spiro atoms. The monoisotopic (exact) mass is 445 g/mol. The minimum absolute atomic E-state index is 0.0145. The third-order valence-electron chi connectivity index (χ3n) is 4.59. The molecule has 1 heterocycles. The Hall–Kier alpha value is -3.04. The first-order valence-corrected chi connectivity index (χ1v) is 12.0. The van der Waals surface area contributed by atoms with Crippen LogP contribution in [0, 0.1) is 6.92 Å². The van der Waals surface area contributed by atoms with Crippen molar-refractivity contribution < 1.29 is 25.8 Å². The van der Waals surface area contributed by atoms with E-state index in [2.05, 4.69) is 4.72 Å². The highest BCUT2D eigenvalue weighted by molar-refractivity contribution is 7.92. The van der Waals surface area contributed by atoms with Crippen LogP contribution in [0.1, 0.15) is 11.1 Å². The molecule has 0 amide bonds. The second-order valence-electron chi connectivity index (χ2n) is 6.85. The summed E-state index contributed by atoms with van der Waals surface area (Å²) < 4.78 is 63.1. The molecule has 0 aromatic heterocycles. The van der Waals surface area contributed by atoms with Crippen LogP contribution in [0.15, 0.2) is 76.5 Å². The van der Waals surface area contributed by atoms with Crippen LogP contribution in [0.2, 0.25) is 0 Å². The van der Waals surface area contributed by atoms with Crippen LogP contribution in [0.25, 0.3) is 0 Å². The van der Waals surface area contributed by atoms with E-state index in [0.717, 1.165) is 23.3 Å². The average Bonchev–Trinajstić information content (AvgIpc) is 3.16. The smallest absolute Gasteiger partial charge is 0.339 e. The Morgan fingerprint density at radius 3 is 2.23 bits per heavy atom. The molecule has 9 heteroatoms. The maximum absolute atomic E-state index is 12.7. The van der Waals surface area contributed by atoms with Gasteiger partial charge in [0.05, 0.1) is 11.5 Å². The van der Waals surface area contributed by atoms with Crippen LogP contribution < -0.4 is 13.6 Å². The van der Waals surface area contributed by atoms with Crippen LogP contribution in [0.3, 0.4) is 0 Å². The molecule has 4 rings (SSSR count). The minimum atomic E-state index is -4.01. The highest BCUT2D eigenvalue weighted by Gasteiger charge is 2.19. The second-order valence-corrected chi connectivity index (χ2v) is 10.1. The molecule has 156 valence electrons. The molecule has 3 aromatic carbocycles. The van der Waals surface area contributed by atoms with E-state index in [1.165, 1.54) is 36.4 Å². The van der Waals surface area contributed by atoms with Gasteiger partial charge in [-0.1, -0.05) is 17.7 Å². The Bertz CT molecular complexity index is 1280. The molecule has 0 radical (unpaired) electrons. The van der Waals surface area contributed by atoms with Crippen molar-refractivity contribution in [3.05, 3.63) is 77.9 Å². The van der Waals surface area contributed by atoms with E-state index in [1.54, 1.807) is 30.3 Å². The summed E-state index contributed by atoms with van der Waals surface area (Å²) in [5, 5.41) is 0. The average molecular weight is 446 g/mol. The predicted molar refractivity (Wildman–Crippen MR) is 112 cm³/mol. The molecule has 0 atom stereocenters. The topological polar surface area (TPSA) is 98.8 Å². The van der Waals surface area contributed by atoms with Crippen molar-refractivity contribution in [3.63, 3.8) is 0 Å². The van der Waals surface area contributed by atoms with Gasteiger partial charge in [0.2, 0.25) is 0 Å². The highest BCUT2D eigenvalue weighted by Crippen LogP contribution is 2.29. The summed E-state index contributed by atoms with van der Waals surface area (Å²) in [5.41, 5.74) is 2.30. The van der Waals surface area contributed by atoms with Crippen LogP contribution in [-0.2, 0) is 26.6 Å². The van der Waals surface area contributed by atoms with Crippen molar-refractivity contribution in [2.24, 2.45) is 0 Å².